The van der Waals surface area contributed by atoms with E-state index < -0.39 is 5.95 Å². The molecule has 1 N–H and O–H groups in total. The number of anilines is 1. The van der Waals surface area contributed by atoms with E-state index in [-0.39, 0.29) is 17.7 Å². The van der Waals surface area contributed by atoms with Crippen LogP contribution in [0.4, 0.5) is 10.2 Å². The maximum Gasteiger partial charge on any atom is 0.230 e. The molecule has 1 aromatic carbocycles. The van der Waals surface area contributed by atoms with Gasteiger partial charge in [0.15, 0.2) is 5.82 Å². The van der Waals surface area contributed by atoms with E-state index in [1.165, 1.54) is 12.3 Å². The molecule has 0 fully saturated rings. The fraction of sp³-hybridized carbons (Fsp3) is 0.185. The lowest BCUT2D eigenvalue weighted by atomic mass is 9.93. The minimum atomic E-state index is -0.518. The first-order chi connectivity index (χ1) is 16.8. The Morgan fingerprint density at radius 2 is 1.77 bits per heavy atom. The lowest BCUT2D eigenvalue weighted by Gasteiger charge is -2.12. The van der Waals surface area contributed by atoms with Crippen molar-refractivity contribution in [2.24, 2.45) is 0 Å². The van der Waals surface area contributed by atoms with Gasteiger partial charge in [-0.05, 0) is 34.9 Å². The number of pyridine rings is 2. The maximum absolute atomic E-state index is 13.5. The largest absolute Gasteiger partial charge is 0.359 e. The number of aromatic nitrogens is 4. The minimum absolute atomic E-state index is 0.165. The highest BCUT2D eigenvalue weighted by atomic mass is 19.1. The summed E-state index contributed by atoms with van der Waals surface area (Å²) in [6.45, 7) is 6.06. The van der Waals surface area contributed by atoms with Gasteiger partial charge in [0, 0.05) is 35.5 Å². The molecule has 5 rings (SSSR count). The Morgan fingerprint density at radius 3 is 2.49 bits per heavy atom. The number of carbonyl (C=O) groups excluding carboxylic acids is 1. The Bertz CT molecular complexity index is 1510. The summed E-state index contributed by atoms with van der Waals surface area (Å²) in [5, 5.41) is 6.72. The van der Waals surface area contributed by atoms with Crippen LogP contribution in [0.2, 0.25) is 0 Å². The second kappa shape index (κ2) is 8.79. The lowest BCUT2D eigenvalue weighted by molar-refractivity contribution is -0.115. The first-order valence-corrected chi connectivity index (χ1v) is 11.2. The van der Waals surface area contributed by atoms with Crippen molar-refractivity contribution in [3.63, 3.8) is 0 Å². The van der Waals surface area contributed by atoms with Gasteiger partial charge in [-0.2, -0.15) is 4.39 Å². The zero-order valence-electron chi connectivity index (χ0n) is 19.6. The maximum atomic E-state index is 13.5. The monoisotopic (exact) mass is 469 g/mol. The molecular weight excluding hydrogens is 445 g/mol. The molecule has 0 aliphatic rings. The predicted octanol–water partition coefficient (Wildman–Crippen LogP) is 5.67. The standard InChI is InChI=1S/C27H24FN5O2/c1-27(2,3)22-15-24(32-35-22)31-26(34)12-17-4-6-18(7-5-17)21-16-30-25-14-20(9-11-33(21)25)19-8-10-29-23(28)13-19/h4-11,13-16H,12H2,1-3H3,(H,31,32,34). The Labute approximate surface area is 201 Å². The molecule has 176 valence electrons. The third-order valence-corrected chi connectivity index (χ3v) is 5.70. The highest BCUT2D eigenvalue weighted by Gasteiger charge is 2.20. The molecule has 5 aromatic rings. The van der Waals surface area contributed by atoms with Crippen molar-refractivity contribution < 1.29 is 13.7 Å². The quantitative estimate of drug-likeness (QED) is 0.335. The van der Waals surface area contributed by atoms with Gasteiger partial charge in [-0.1, -0.05) is 50.2 Å². The van der Waals surface area contributed by atoms with Gasteiger partial charge in [0.25, 0.3) is 0 Å². The molecule has 0 unspecified atom stereocenters. The number of halogens is 1. The Balaban J connectivity index is 1.30. The summed E-state index contributed by atoms with van der Waals surface area (Å²) < 4.78 is 20.8. The van der Waals surface area contributed by atoms with E-state index >= 15 is 0 Å². The zero-order chi connectivity index (χ0) is 24.6. The van der Waals surface area contributed by atoms with Crippen molar-refractivity contribution in [3.05, 3.63) is 90.5 Å². The summed E-state index contributed by atoms with van der Waals surface area (Å²) in [4.78, 5) is 20.6. The normalized spacial score (nSPS) is 11.7. The third kappa shape index (κ3) is 4.82. The third-order valence-electron chi connectivity index (χ3n) is 5.70. The van der Waals surface area contributed by atoms with Gasteiger partial charge in [-0.3, -0.25) is 9.20 Å². The second-order valence-electron chi connectivity index (χ2n) is 9.40. The summed E-state index contributed by atoms with van der Waals surface area (Å²) in [6.07, 6.45) is 5.38. The van der Waals surface area contributed by atoms with Crippen LogP contribution in [0.15, 0.2) is 77.7 Å². The smallest absolute Gasteiger partial charge is 0.230 e. The van der Waals surface area contributed by atoms with E-state index in [2.05, 4.69) is 20.4 Å². The fourth-order valence-electron chi connectivity index (χ4n) is 3.81. The van der Waals surface area contributed by atoms with Gasteiger partial charge in [0.05, 0.1) is 18.3 Å². The molecule has 4 heterocycles. The number of hydrogen-bond donors (Lipinski definition) is 1. The van der Waals surface area contributed by atoms with Crippen LogP contribution in [0.1, 0.15) is 32.1 Å². The predicted molar refractivity (Wildman–Crippen MR) is 131 cm³/mol. The number of nitrogens with one attached hydrogen (secondary N) is 1. The second-order valence-corrected chi connectivity index (χ2v) is 9.40. The molecular formula is C27H24FN5O2. The minimum Gasteiger partial charge on any atom is -0.359 e. The number of fused-ring (bicyclic) bond motifs is 1. The number of nitrogens with zero attached hydrogens (tertiary/aromatic N) is 4. The molecule has 0 atom stereocenters. The van der Waals surface area contributed by atoms with E-state index in [1.54, 1.807) is 18.3 Å². The number of carbonyl (C=O) groups is 1. The molecule has 0 saturated carbocycles. The van der Waals surface area contributed by atoms with E-state index in [0.717, 1.165) is 33.6 Å². The molecule has 0 radical (unpaired) electrons. The van der Waals surface area contributed by atoms with Crippen LogP contribution in [0, 0.1) is 5.95 Å². The van der Waals surface area contributed by atoms with Gasteiger partial charge >= 0.3 is 0 Å². The van der Waals surface area contributed by atoms with Gasteiger partial charge in [-0.15, -0.1) is 0 Å². The van der Waals surface area contributed by atoms with Gasteiger partial charge in [-0.25, -0.2) is 9.97 Å². The zero-order valence-corrected chi connectivity index (χ0v) is 19.6. The highest BCUT2D eigenvalue weighted by molar-refractivity contribution is 5.91. The van der Waals surface area contributed by atoms with E-state index in [0.29, 0.717) is 11.6 Å². The van der Waals surface area contributed by atoms with E-state index in [9.17, 15) is 9.18 Å². The van der Waals surface area contributed by atoms with Crippen LogP contribution in [0.3, 0.4) is 0 Å². The van der Waals surface area contributed by atoms with Crippen molar-refractivity contribution in [2.75, 3.05) is 5.32 Å². The summed E-state index contributed by atoms with van der Waals surface area (Å²) in [5.41, 5.74) is 4.94. The fourth-order valence-corrected chi connectivity index (χ4v) is 3.81. The molecule has 0 aliphatic heterocycles. The summed E-state index contributed by atoms with van der Waals surface area (Å²) in [6, 6.07) is 16.5. The van der Waals surface area contributed by atoms with Crippen molar-refractivity contribution in [1.29, 1.82) is 0 Å². The molecule has 0 aliphatic carbocycles. The van der Waals surface area contributed by atoms with Crippen LogP contribution >= 0.6 is 0 Å². The average Bonchev–Trinajstić information content (AvgIpc) is 3.46. The first kappa shape index (κ1) is 22.5. The van der Waals surface area contributed by atoms with Crippen LogP contribution < -0.4 is 5.32 Å². The van der Waals surface area contributed by atoms with Crippen molar-refractivity contribution in [1.82, 2.24) is 19.5 Å². The molecule has 0 saturated heterocycles. The Hall–Kier alpha value is -4.33. The van der Waals surface area contributed by atoms with Gasteiger partial charge in [0.1, 0.15) is 11.4 Å². The molecule has 0 spiro atoms. The highest BCUT2D eigenvalue weighted by Crippen LogP contribution is 2.26. The summed E-state index contributed by atoms with van der Waals surface area (Å²) >= 11 is 0. The Morgan fingerprint density at radius 1 is 1.00 bits per heavy atom. The van der Waals surface area contributed by atoms with Crippen LogP contribution in [0.5, 0.6) is 0 Å². The number of amides is 1. The molecule has 35 heavy (non-hydrogen) atoms. The van der Waals surface area contributed by atoms with Crippen molar-refractivity contribution in [3.8, 4) is 22.4 Å². The topological polar surface area (TPSA) is 85.3 Å². The molecule has 4 aromatic heterocycles. The van der Waals surface area contributed by atoms with Crippen molar-refractivity contribution in [2.45, 2.75) is 32.6 Å². The number of benzene rings is 1. The number of hydrogen-bond acceptors (Lipinski definition) is 5. The number of imidazole rings is 1. The Kier molecular flexibility index (Phi) is 5.64. The SMILES string of the molecule is CC(C)(C)c1cc(NC(=O)Cc2ccc(-c3cnc4cc(-c5ccnc(F)c5)ccn34)cc2)no1. The van der Waals surface area contributed by atoms with Gasteiger partial charge < -0.3 is 9.84 Å². The van der Waals surface area contributed by atoms with Crippen molar-refractivity contribution >= 4 is 17.4 Å². The first-order valence-electron chi connectivity index (χ1n) is 11.2. The lowest BCUT2D eigenvalue weighted by Crippen LogP contribution is -2.14. The molecule has 7 nitrogen and oxygen atoms in total. The molecule has 0 bridgehead atoms. The van der Waals surface area contributed by atoms with Crippen LogP contribution in [-0.4, -0.2) is 25.4 Å². The molecule has 8 heteroatoms. The van der Waals surface area contributed by atoms with Gasteiger partial charge in [0.2, 0.25) is 11.9 Å². The average molecular weight is 470 g/mol. The summed E-state index contributed by atoms with van der Waals surface area (Å²) in [7, 11) is 0. The number of rotatable bonds is 5. The van der Waals surface area contributed by atoms with E-state index in [1.807, 2.05) is 67.8 Å². The van der Waals surface area contributed by atoms with Crippen LogP contribution in [-0.2, 0) is 16.6 Å². The van der Waals surface area contributed by atoms with Crippen LogP contribution in [0.25, 0.3) is 28.0 Å². The van der Waals surface area contributed by atoms with E-state index in [4.69, 9.17) is 4.52 Å². The molecule has 1 amide bonds. The summed E-state index contributed by atoms with van der Waals surface area (Å²) in [5.74, 6) is 0.443.